The molecule has 0 aliphatic carbocycles. The van der Waals surface area contributed by atoms with Gasteiger partial charge in [-0.3, -0.25) is 9.59 Å². The fourth-order valence-corrected chi connectivity index (χ4v) is 1.58. The molecule has 0 radical (unpaired) electrons. The van der Waals surface area contributed by atoms with E-state index in [0.29, 0.717) is 4.90 Å². The number of carbonyl (C=O) groups excluding carboxylic acids is 2. The van der Waals surface area contributed by atoms with Gasteiger partial charge in [0.05, 0.1) is 11.3 Å². The minimum absolute atomic E-state index is 0.260. The van der Waals surface area contributed by atoms with Crippen molar-refractivity contribution in [3.8, 4) is 0 Å². The standard InChI is InChI=1S/C11H8FNO5/c12-7-3-6(11(16)17)1-2-8(7)13-9(14)4-18-5-10(13)15/h1-3H,4-5H2,(H,16,17). The number of anilines is 1. The van der Waals surface area contributed by atoms with Gasteiger partial charge in [-0.25, -0.2) is 14.1 Å². The van der Waals surface area contributed by atoms with Crippen LogP contribution in [0, 0.1) is 5.82 Å². The number of carboxylic acid groups (broad SMARTS) is 1. The van der Waals surface area contributed by atoms with E-state index in [2.05, 4.69) is 0 Å². The predicted octanol–water partition coefficient (Wildman–Crippen LogP) is 0.414. The average molecular weight is 253 g/mol. The van der Waals surface area contributed by atoms with Crippen molar-refractivity contribution in [1.29, 1.82) is 0 Å². The first-order chi connectivity index (χ1) is 8.50. The van der Waals surface area contributed by atoms with Crippen LogP contribution < -0.4 is 4.90 Å². The number of aromatic carboxylic acids is 1. The van der Waals surface area contributed by atoms with E-state index in [9.17, 15) is 18.8 Å². The normalized spacial score (nSPS) is 15.9. The molecule has 1 aliphatic heterocycles. The molecule has 1 aromatic carbocycles. The Morgan fingerprint density at radius 3 is 2.39 bits per heavy atom. The van der Waals surface area contributed by atoms with Gasteiger partial charge < -0.3 is 9.84 Å². The number of carboxylic acids is 1. The average Bonchev–Trinajstić information content (AvgIpc) is 2.30. The van der Waals surface area contributed by atoms with Gasteiger partial charge in [-0.1, -0.05) is 0 Å². The Bertz CT molecular complexity index is 526. The Balaban J connectivity index is 2.41. The largest absolute Gasteiger partial charge is 0.478 e. The third kappa shape index (κ3) is 2.07. The van der Waals surface area contributed by atoms with Gasteiger partial charge in [-0.15, -0.1) is 0 Å². The molecule has 0 spiro atoms. The van der Waals surface area contributed by atoms with Gasteiger partial charge in [0.15, 0.2) is 0 Å². The maximum Gasteiger partial charge on any atom is 0.335 e. The summed E-state index contributed by atoms with van der Waals surface area (Å²) in [6.45, 7) is -0.627. The van der Waals surface area contributed by atoms with E-state index in [0.717, 1.165) is 18.2 Å². The molecule has 18 heavy (non-hydrogen) atoms. The zero-order chi connectivity index (χ0) is 13.3. The monoisotopic (exact) mass is 253 g/mol. The molecule has 0 aromatic heterocycles. The molecule has 0 unspecified atom stereocenters. The van der Waals surface area contributed by atoms with E-state index in [4.69, 9.17) is 9.84 Å². The number of imide groups is 1. The van der Waals surface area contributed by atoms with Gasteiger partial charge in [-0.05, 0) is 18.2 Å². The second-order valence-electron chi connectivity index (χ2n) is 3.59. The van der Waals surface area contributed by atoms with Crippen LogP contribution in [0.2, 0.25) is 0 Å². The van der Waals surface area contributed by atoms with Crippen LogP contribution in [0.15, 0.2) is 18.2 Å². The summed E-state index contributed by atoms with van der Waals surface area (Å²) in [5.41, 5.74) is -0.525. The SMILES string of the molecule is O=C(O)c1ccc(N2C(=O)COCC2=O)c(F)c1. The summed E-state index contributed by atoms with van der Waals surface area (Å²) >= 11 is 0. The van der Waals surface area contributed by atoms with Gasteiger partial charge in [0, 0.05) is 0 Å². The number of benzene rings is 1. The van der Waals surface area contributed by atoms with E-state index in [1.807, 2.05) is 0 Å². The summed E-state index contributed by atoms with van der Waals surface area (Å²) in [5.74, 6) is -3.61. The number of ether oxygens (including phenoxy) is 1. The summed E-state index contributed by atoms with van der Waals surface area (Å²) in [6, 6.07) is 2.96. The lowest BCUT2D eigenvalue weighted by Crippen LogP contribution is -2.46. The van der Waals surface area contributed by atoms with Crippen molar-refractivity contribution >= 4 is 23.5 Å². The molecule has 1 aliphatic rings. The molecule has 2 rings (SSSR count). The van der Waals surface area contributed by atoms with E-state index in [-0.39, 0.29) is 24.5 Å². The lowest BCUT2D eigenvalue weighted by molar-refractivity contribution is -0.138. The van der Waals surface area contributed by atoms with Crippen LogP contribution in [0.25, 0.3) is 0 Å². The van der Waals surface area contributed by atoms with Crippen LogP contribution in [0.4, 0.5) is 10.1 Å². The van der Waals surface area contributed by atoms with E-state index >= 15 is 0 Å². The summed E-state index contributed by atoms with van der Waals surface area (Å²) in [7, 11) is 0. The summed E-state index contributed by atoms with van der Waals surface area (Å²) in [5, 5.41) is 8.68. The van der Waals surface area contributed by atoms with Crippen molar-refractivity contribution < 1.29 is 28.6 Å². The first kappa shape index (κ1) is 12.2. The number of nitrogens with zero attached hydrogens (tertiary/aromatic N) is 1. The quantitative estimate of drug-likeness (QED) is 0.772. The van der Waals surface area contributed by atoms with Crippen molar-refractivity contribution in [3.63, 3.8) is 0 Å². The van der Waals surface area contributed by atoms with E-state index < -0.39 is 23.6 Å². The van der Waals surface area contributed by atoms with Crippen molar-refractivity contribution in [2.45, 2.75) is 0 Å². The smallest absolute Gasteiger partial charge is 0.335 e. The number of halogens is 1. The van der Waals surface area contributed by atoms with Crippen LogP contribution >= 0.6 is 0 Å². The Hall–Kier alpha value is -2.28. The maximum atomic E-state index is 13.7. The molecule has 1 saturated heterocycles. The summed E-state index contributed by atoms with van der Waals surface area (Å²) < 4.78 is 18.4. The van der Waals surface area contributed by atoms with Gasteiger partial charge >= 0.3 is 5.97 Å². The van der Waals surface area contributed by atoms with Crippen molar-refractivity contribution in [2.75, 3.05) is 18.1 Å². The molecular formula is C11H8FNO5. The number of carbonyl (C=O) groups is 3. The predicted molar refractivity (Wildman–Crippen MR) is 56.7 cm³/mol. The van der Waals surface area contributed by atoms with Crippen LogP contribution in [0.1, 0.15) is 10.4 Å². The number of hydrogen-bond donors (Lipinski definition) is 1. The Morgan fingerprint density at radius 2 is 1.89 bits per heavy atom. The highest BCUT2D eigenvalue weighted by Gasteiger charge is 2.30. The molecule has 1 fully saturated rings. The molecule has 6 nitrogen and oxygen atoms in total. The summed E-state index contributed by atoms with van der Waals surface area (Å²) in [4.78, 5) is 34.2. The van der Waals surface area contributed by atoms with E-state index in [1.165, 1.54) is 0 Å². The number of rotatable bonds is 2. The molecule has 0 atom stereocenters. The maximum absolute atomic E-state index is 13.7. The molecule has 0 bridgehead atoms. The topological polar surface area (TPSA) is 83.9 Å². The van der Waals surface area contributed by atoms with Gasteiger partial charge in [0.1, 0.15) is 19.0 Å². The Morgan fingerprint density at radius 1 is 1.28 bits per heavy atom. The zero-order valence-electron chi connectivity index (χ0n) is 9.05. The second kappa shape index (κ2) is 4.53. The third-order valence-corrected chi connectivity index (χ3v) is 2.39. The Kier molecular flexibility index (Phi) is 3.07. The molecule has 1 aromatic rings. The van der Waals surface area contributed by atoms with Crippen LogP contribution in [0.5, 0.6) is 0 Å². The lowest BCUT2D eigenvalue weighted by Gasteiger charge is -2.25. The highest BCUT2D eigenvalue weighted by atomic mass is 19.1. The highest BCUT2D eigenvalue weighted by Crippen LogP contribution is 2.22. The second-order valence-corrected chi connectivity index (χ2v) is 3.59. The highest BCUT2D eigenvalue weighted by molar-refractivity contribution is 6.17. The minimum atomic E-state index is -1.29. The first-order valence-electron chi connectivity index (χ1n) is 4.97. The molecule has 2 amide bonds. The van der Waals surface area contributed by atoms with Crippen molar-refractivity contribution in [1.82, 2.24) is 0 Å². The molecule has 7 heteroatoms. The van der Waals surface area contributed by atoms with Crippen LogP contribution in [0.3, 0.4) is 0 Å². The Labute approximate surface area is 101 Å². The lowest BCUT2D eigenvalue weighted by atomic mass is 10.1. The number of hydrogen-bond acceptors (Lipinski definition) is 4. The van der Waals surface area contributed by atoms with Crippen LogP contribution in [-0.2, 0) is 14.3 Å². The fraction of sp³-hybridized carbons (Fsp3) is 0.182. The molecule has 94 valence electrons. The van der Waals surface area contributed by atoms with Gasteiger partial charge in [-0.2, -0.15) is 0 Å². The minimum Gasteiger partial charge on any atom is -0.478 e. The van der Waals surface area contributed by atoms with Crippen molar-refractivity contribution in [3.05, 3.63) is 29.6 Å². The van der Waals surface area contributed by atoms with E-state index in [1.54, 1.807) is 0 Å². The molecule has 1 heterocycles. The third-order valence-electron chi connectivity index (χ3n) is 2.39. The molecule has 1 N–H and O–H groups in total. The summed E-state index contributed by atoms with van der Waals surface area (Å²) in [6.07, 6.45) is 0. The fourth-order valence-electron chi connectivity index (χ4n) is 1.58. The van der Waals surface area contributed by atoms with Gasteiger partial charge in [0.25, 0.3) is 11.8 Å². The number of morpholine rings is 1. The molecular weight excluding hydrogens is 245 g/mol. The van der Waals surface area contributed by atoms with Gasteiger partial charge in [0.2, 0.25) is 0 Å². The first-order valence-corrected chi connectivity index (χ1v) is 4.97. The zero-order valence-corrected chi connectivity index (χ0v) is 9.05. The van der Waals surface area contributed by atoms with Crippen LogP contribution in [-0.4, -0.2) is 36.1 Å². The molecule has 0 saturated carbocycles. The number of amides is 2. The van der Waals surface area contributed by atoms with Crippen molar-refractivity contribution in [2.24, 2.45) is 0 Å².